The lowest BCUT2D eigenvalue weighted by atomic mass is 9.98. The van der Waals surface area contributed by atoms with Gasteiger partial charge in [0, 0.05) is 12.1 Å². The van der Waals surface area contributed by atoms with E-state index in [-0.39, 0.29) is 24.1 Å². The molecule has 0 unspecified atom stereocenters. The monoisotopic (exact) mass is 214 g/mol. The van der Waals surface area contributed by atoms with Crippen LogP contribution in [-0.4, -0.2) is 35.7 Å². The number of amides is 1. The highest BCUT2D eigenvalue weighted by Gasteiger charge is 2.26. The predicted octanol–water partition coefficient (Wildman–Crippen LogP) is 0.406. The third kappa shape index (κ3) is 4.18. The number of nitrogens with one attached hydrogen (secondary N) is 2. The van der Waals surface area contributed by atoms with Gasteiger partial charge in [-0.05, 0) is 39.7 Å². The summed E-state index contributed by atoms with van der Waals surface area (Å²) in [5.41, 5.74) is -0.315. The Balaban J connectivity index is 2.39. The van der Waals surface area contributed by atoms with Crippen molar-refractivity contribution in [2.24, 2.45) is 0 Å². The molecule has 0 aromatic carbocycles. The second-order valence-electron chi connectivity index (χ2n) is 4.85. The summed E-state index contributed by atoms with van der Waals surface area (Å²) >= 11 is 0. The minimum atomic E-state index is -0.315. The first-order valence-electron chi connectivity index (χ1n) is 5.71. The van der Waals surface area contributed by atoms with Crippen molar-refractivity contribution in [1.82, 2.24) is 10.6 Å². The van der Waals surface area contributed by atoms with Crippen LogP contribution in [0.3, 0.4) is 0 Å². The van der Waals surface area contributed by atoms with E-state index < -0.39 is 0 Å². The number of aliphatic hydroxyl groups excluding tert-OH is 1. The number of hydrogen-bond donors (Lipinski definition) is 3. The number of carbonyl (C=O) groups is 1. The largest absolute Gasteiger partial charge is 0.396 e. The van der Waals surface area contributed by atoms with Gasteiger partial charge < -0.3 is 15.7 Å². The fourth-order valence-electron chi connectivity index (χ4n) is 1.84. The molecule has 0 aromatic rings. The molecule has 0 radical (unpaired) electrons. The highest BCUT2D eigenvalue weighted by Crippen LogP contribution is 2.11. The van der Waals surface area contributed by atoms with Gasteiger partial charge in [0.25, 0.3) is 0 Å². The lowest BCUT2D eigenvalue weighted by molar-refractivity contribution is -0.125. The number of hydrogen-bond acceptors (Lipinski definition) is 3. The van der Waals surface area contributed by atoms with Crippen molar-refractivity contribution in [2.45, 2.75) is 51.1 Å². The first-order valence-corrected chi connectivity index (χ1v) is 5.71. The van der Waals surface area contributed by atoms with Gasteiger partial charge in [-0.15, -0.1) is 0 Å². The molecule has 0 bridgehead atoms. The Labute approximate surface area is 91.4 Å². The molecule has 1 aliphatic rings. The molecular weight excluding hydrogens is 192 g/mol. The molecular formula is C11H22N2O2. The van der Waals surface area contributed by atoms with Gasteiger partial charge in [0.05, 0.1) is 6.04 Å². The van der Waals surface area contributed by atoms with Crippen molar-refractivity contribution in [2.75, 3.05) is 13.2 Å². The van der Waals surface area contributed by atoms with E-state index in [1.54, 1.807) is 0 Å². The summed E-state index contributed by atoms with van der Waals surface area (Å²) < 4.78 is 0. The van der Waals surface area contributed by atoms with Crippen LogP contribution >= 0.6 is 0 Å². The molecule has 1 amide bonds. The van der Waals surface area contributed by atoms with Crippen LogP contribution in [0.15, 0.2) is 0 Å². The van der Waals surface area contributed by atoms with Crippen LogP contribution in [0.1, 0.15) is 39.5 Å². The molecule has 88 valence electrons. The highest BCUT2D eigenvalue weighted by molar-refractivity contribution is 5.82. The molecule has 1 rings (SSSR count). The summed E-state index contributed by atoms with van der Waals surface area (Å²) in [7, 11) is 0. The van der Waals surface area contributed by atoms with Crippen LogP contribution in [0, 0.1) is 0 Å². The second-order valence-corrected chi connectivity index (χ2v) is 4.85. The molecule has 1 aliphatic heterocycles. The van der Waals surface area contributed by atoms with Crippen molar-refractivity contribution >= 4 is 5.91 Å². The van der Waals surface area contributed by atoms with Crippen molar-refractivity contribution in [1.29, 1.82) is 0 Å². The fraction of sp³-hybridized carbons (Fsp3) is 0.909. The van der Waals surface area contributed by atoms with E-state index >= 15 is 0 Å². The molecule has 4 heteroatoms. The number of piperidine rings is 1. The van der Waals surface area contributed by atoms with E-state index in [9.17, 15) is 4.79 Å². The predicted molar refractivity (Wildman–Crippen MR) is 59.6 cm³/mol. The Morgan fingerprint density at radius 3 is 2.80 bits per heavy atom. The van der Waals surface area contributed by atoms with Gasteiger partial charge >= 0.3 is 0 Å². The average Bonchev–Trinajstić information content (AvgIpc) is 2.18. The summed E-state index contributed by atoms with van der Waals surface area (Å²) in [4.78, 5) is 11.8. The number of carbonyl (C=O) groups excluding carboxylic acids is 1. The number of aliphatic hydroxyl groups is 1. The molecule has 0 aliphatic carbocycles. The maximum Gasteiger partial charge on any atom is 0.237 e. The SMILES string of the molecule is CC(C)(CCO)NC(=O)[C@H]1CCCCN1. The topological polar surface area (TPSA) is 61.4 Å². The highest BCUT2D eigenvalue weighted by atomic mass is 16.3. The van der Waals surface area contributed by atoms with Gasteiger partial charge in [0.2, 0.25) is 5.91 Å². The summed E-state index contributed by atoms with van der Waals surface area (Å²) in [5.74, 6) is 0.0631. The van der Waals surface area contributed by atoms with Crippen LogP contribution in [-0.2, 0) is 4.79 Å². The van der Waals surface area contributed by atoms with Gasteiger partial charge in [-0.1, -0.05) is 6.42 Å². The normalized spacial score (nSPS) is 22.5. The Hall–Kier alpha value is -0.610. The molecule has 3 N–H and O–H groups in total. The van der Waals surface area contributed by atoms with E-state index in [2.05, 4.69) is 10.6 Å². The molecule has 1 fully saturated rings. The van der Waals surface area contributed by atoms with E-state index in [1.165, 1.54) is 0 Å². The van der Waals surface area contributed by atoms with Crippen LogP contribution in [0.5, 0.6) is 0 Å². The Kier molecular flexibility index (Phi) is 4.54. The van der Waals surface area contributed by atoms with Gasteiger partial charge in [0.15, 0.2) is 0 Å². The summed E-state index contributed by atoms with van der Waals surface area (Å²) in [6.45, 7) is 4.90. The zero-order valence-corrected chi connectivity index (χ0v) is 9.68. The van der Waals surface area contributed by atoms with Crippen molar-refractivity contribution in [3.63, 3.8) is 0 Å². The maximum absolute atomic E-state index is 11.8. The molecule has 4 nitrogen and oxygen atoms in total. The molecule has 1 heterocycles. The van der Waals surface area contributed by atoms with Crippen LogP contribution in [0.25, 0.3) is 0 Å². The zero-order chi connectivity index (χ0) is 11.3. The van der Waals surface area contributed by atoms with Crippen molar-refractivity contribution in [3.8, 4) is 0 Å². The molecule has 0 spiro atoms. The Morgan fingerprint density at radius 1 is 1.53 bits per heavy atom. The van der Waals surface area contributed by atoms with Crippen LogP contribution < -0.4 is 10.6 Å². The molecule has 0 aromatic heterocycles. The van der Waals surface area contributed by atoms with E-state index in [4.69, 9.17) is 5.11 Å². The quantitative estimate of drug-likeness (QED) is 0.635. The first-order chi connectivity index (χ1) is 7.05. The summed E-state index contributed by atoms with van der Waals surface area (Å²) in [6.07, 6.45) is 3.78. The maximum atomic E-state index is 11.8. The van der Waals surface area contributed by atoms with Gasteiger partial charge in [-0.2, -0.15) is 0 Å². The lowest BCUT2D eigenvalue weighted by Gasteiger charge is -2.30. The van der Waals surface area contributed by atoms with Gasteiger partial charge in [0.1, 0.15) is 0 Å². The smallest absolute Gasteiger partial charge is 0.237 e. The van der Waals surface area contributed by atoms with Crippen LogP contribution in [0.4, 0.5) is 0 Å². The van der Waals surface area contributed by atoms with Crippen molar-refractivity contribution in [3.05, 3.63) is 0 Å². The molecule has 15 heavy (non-hydrogen) atoms. The Bertz CT molecular complexity index is 211. The van der Waals surface area contributed by atoms with Crippen molar-refractivity contribution < 1.29 is 9.90 Å². The average molecular weight is 214 g/mol. The minimum Gasteiger partial charge on any atom is -0.396 e. The third-order valence-corrected chi connectivity index (χ3v) is 2.83. The first kappa shape index (κ1) is 12.5. The number of rotatable bonds is 4. The Morgan fingerprint density at radius 2 is 2.27 bits per heavy atom. The summed E-state index contributed by atoms with van der Waals surface area (Å²) in [6, 6.07) is -0.0447. The molecule has 0 saturated carbocycles. The van der Waals surface area contributed by atoms with E-state index in [0.29, 0.717) is 6.42 Å². The third-order valence-electron chi connectivity index (χ3n) is 2.83. The lowest BCUT2D eigenvalue weighted by Crippen LogP contribution is -2.53. The van der Waals surface area contributed by atoms with Crippen LogP contribution in [0.2, 0.25) is 0 Å². The van der Waals surface area contributed by atoms with E-state index in [0.717, 1.165) is 25.8 Å². The minimum absolute atomic E-state index is 0.0447. The standard InChI is InChI=1S/C11H22N2O2/c1-11(2,6-8-14)13-10(15)9-5-3-4-7-12-9/h9,12,14H,3-8H2,1-2H3,(H,13,15)/t9-/m1/s1. The zero-order valence-electron chi connectivity index (χ0n) is 9.68. The molecule has 1 atom stereocenters. The van der Waals surface area contributed by atoms with Gasteiger partial charge in [-0.3, -0.25) is 4.79 Å². The van der Waals surface area contributed by atoms with Gasteiger partial charge in [-0.25, -0.2) is 0 Å². The second kappa shape index (κ2) is 5.47. The van der Waals surface area contributed by atoms with E-state index in [1.807, 2.05) is 13.8 Å². The molecule has 1 saturated heterocycles. The summed E-state index contributed by atoms with van der Waals surface area (Å²) in [5, 5.41) is 15.0. The fourth-order valence-corrected chi connectivity index (χ4v) is 1.84.